The molecule has 0 aliphatic heterocycles. The topological polar surface area (TPSA) is 38.0 Å². The van der Waals surface area contributed by atoms with Crippen molar-refractivity contribution in [3.8, 4) is 0 Å². The molecule has 0 spiro atoms. The molecule has 3 heteroatoms. The monoisotopic (exact) mass is 224 g/mol. The highest BCUT2D eigenvalue weighted by Crippen LogP contribution is 2.25. The van der Waals surface area contributed by atoms with Crippen LogP contribution in [0.1, 0.15) is 29.7 Å². The highest BCUT2D eigenvalue weighted by atomic mass is 32.1. The number of nitrogens with two attached hydrogens (primary N) is 1. The molecule has 1 aromatic rings. The van der Waals surface area contributed by atoms with E-state index in [1.807, 2.05) is 11.3 Å². The van der Waals surface area contributed by atoms with E-state index in [4.69, 9.17) is 5.73 Å². The fourth-order valence-electron chi connectivity index (χ4n) is 2.40. The van der Waals surface area contributed by atoms with Gasteiger partial charge in [-0.2, -0.15) is 0 Å². The van der Waals surface area contributed by atoms with Crippen LogP contribution >= 0.6 is 11.3 Å². The van der Waals surface area contributed by atoms with Crippen molar-refractivity contribution in [2.75, 3.05) is 6.54 Å². The number of thiophene rings is 1. The van der Waals surface area contributed by atoms with Crippen molar-refractivity contribution in [2.45, 2.75) is 38.8 Å². The Morgan fingerprint density at radius 3 is 3.07 bits per heavy atom. The van der Waals surface area contributed by atoms with Gasteiger partial charge < -0.3 is 11.1 Å². The molecule has 15 heavy (non-hydrogen) atoms. The van der Waals surface area contributed by atoms with E-state index in [1.165, 1.54) is 29.7 Å². The predicted molar refractivity (Wildman–Crippen MR) is 66.1 cm³/mol. The molecule has 0 saturated heterocycles. The fraction of sp³-hybridized carbons (Fsp3) is 0.667. The van der Waals surface area contributed by atoms with E-state index in [0.29, 0.717) is 12.0 Å². The van der Waals surface area contributed by atoms with Crippen LogP contribution in [-0.2, 0) is 6.54 Å². The van der Waals surface area contributed by atoms with Crippen LogP contribution in [0.3, 0.4) is 0 Å². The first-order valence-electron chi connectivity index (χ1n) is 5.77. The van der Waals surface area contributed by atoms with Gasteiger partial charge in [0.1, 0.15) is 0 Å². The molecular formula is C12H20N2S. The lowest BCUT2D eigenvalue weighted by Gasteiger charge is -2.19. The second kappa shape index (κ2) is 5.10. The second-order valence-corrected chi connectivity index (χ2v) is 5.44. The summed E-state index contributed by atoms with van der Waals surface area (Å²) >= 11 is 1.85. The lowest BCUT2D eigenvalue weighted by molar-refractivity contribution is 0.407. The lowest BCUT2D eigenvalue weighted by atomic mass is 10.0. The SMILES string of the molecule is Cc1ccsc1CNC1CCCC1CN. The Kier molecular flexibility index (Phi) is 3.78. The van der Waals surface area contributed by atoms with Gasteiger partial charge in [-0.1, -0.05) is 6.42 Å². The number of nitrogens with one attached hydrogen (secondary N) is 1. The third-order valence-corrected chi connectivity index (χ3v) is 4.48. The number of hydrogen-bond acceptors (Lipinski definition) is 3. The largest absolute Gasteiger partial charge is 0.330 e. The Morgan fingerprint density at radius 2 is 2.40 bits per heavy atom. The molecule has 0 amide bonds. The normalized spacial score (nSPS) is 26.0. The Bertz CT molecular complexity index is 308. The zero-order valence-electron chi connectivity index (χ0n) is 9.33. The van der Waals surface area contributed by atoms with Crippen molar-refractivity contribution >= 4 is 11.3 Å². The van der Waals surface area contributed by atoms with Crippen molar-refractivity contribution in [1.82, 2.24) is 5.32 Å². The molecule has 2 rings (SSSR count). The van der Waals surface area contributed by atoms with Gasteiger partial charge in [-0.15, -0.1) is 11.3 Å². The average Bonchev–Trinajstić information content (AvgIpc) is 2.83. The van der Waals surface area contributed by atoms with Gasteiger partial charge in [0.15, 0.2) is 0 Å². The van der Waals surface area contributed by atoms with Gasteiger partial charge in [-0.3, -0.25) is 0 Å². The predicted octanol–water partition coefficient (Wildman–Crippen LogP) is 2.27. The van der Waals surface area contributed by atoms with Crippen LogP contribution in [0, 0.1) is 12.8 Å². The Hall–Kier alpha value is -0.380. The Labute approximate surface area is 95.9 Å². The maximum atomic E-state index is 5.77. The summed E-state index contributed by atoms with van der Waals surface area (Å²) in [5.74, 6) is 0.699. The third-order valence-electron chi connectivity index (χ3n) is 3.45. The van der Waals surface area contributed by atoms with Crippen molar-refractivity contribution in [2.24, 2.45) is 11.7 Å². The molecule has 1 aliphatic rings. The van der Waals surface area contributed by atoms with Gasteiger partial charge >= 0.3 is 0 Å². The smallest absolute Gasteiger partial charge is 0.0305 e. The van der Waals surface area contributed by atoms with Crippen LogP contribution in [-0.4, -0.2) is 12.6 Å². The number of hydrogen-bond donors (Lipinski definition) is 2. The van der Waals surface area contributed by atoms with E-state index in [9.17, 15) is 0 Å². The van der Waals surface area contributed by atoms with Gasteiger partial charge in [0.25, 0.3) is 0 Å². The molecule has 1 saturated carbocycles. The first kappa shape index (κ1) is 11.1. The molecular weight excluding hydrogens is 204 g/mol. The summed E-state index contributed by atoms with van der Waals surface area (Å²) in [4.78, 5) is 1.47. The molecule has 1 aromatic heterocycles. The van der Waals surface area contributed by atoms with Crippen LogP contribution in [0.5, 0.6) is 0 Å². The van der Waals surface area contributed by atoms with E-state index in [2.05, 4.69) is 23.7 Å². The lowest BCUT2D eigenvalue weighted by Crippen LogP contribution is -2.35. The van der Waals surface area contributed by atoms with Gasteiger partial charge in [0.2, 0.25) is 0 Å². The summed E-state index contributed by atoms with van der Waals surface area (Å²) in [6, 6.07) is 2.84. The zero-order valence-corrected chi connectivity index (χ0v) is 10.1. The van der Waals surface area contributed by atoms with E-state index in [-0.39, 0.29) is 0 Å². The molecule has 1 aliphatic carbocycles. The van der Waals surface area contributed by atoms with Crippen molar-refractivity contribution in [3.05, 3.63) is 21.9 Å². The molecule has 84 valence electrons. The van der Waals surface area contributed by atoms with Gasteiger partial charge in [-0.25, -0.2) is 0 Å². The first-order chi connectivity index (χ1) is 7.31. The first-order valence-corrected chi connectivity index (χ1v) is 6.65. The van der Waals surface area contributed by atoms with E-state index in [0.717, 1.165) is 13.1 Å². The molecule has 2 unspecified atom stereocenters. The Morgan fingerprint density at radius 1 is 1.53 bits per heavy atom. The number of aryl methyl sites for hydroxylation is 1. The molecule has 0 radical (unpaired) electrons. The minimum absolute atomic E-state index is 0.650. The summed E-state index contributed by atoms with van der Waals surface area (Å²) in [6.45, 7) is 4.04. The van der Waals surface area contributed by atoms with Crippen molar-refractivity contribution < 1.29 is 0 Å². The molecule has 2 nitrogen and oxygen atoms in total. The minimum atomic E-state index is 0.650. The fourth-order valence-corrected chi connectivity index (χ4v) is 3.25. The van der Waals surface area contributed by atoms with Gasteiger partial charge in [0, 0.05) is 17.5 Å². The molecule has 1 fully saturated rings. The summed E-state index contributed by atoms with van der Waals surface area (Å²) in [5, 5.41) is 5.82. The maximum Gasteiger partial charge on any atom is 0.0305 e. The maximum absolute atomic E-state index is 5.77. The highest BCUT2D eigenvalue weighted by Gasteiger charge is 2.25. The summed E-state index contributed by atoms with van der Waals surface area (Å²) in [7, 11) is 0. The zero-order chi connectivity index (χ0) is 10.7. The van der Waals surface area contributed by atoms with Gasteiger partial charge in [-0.05, 0) is 49.2 Å². The quantitative estimate of drug-likeness (QED) is 0.823. The molecule has 3 N–H and O–H groups in total. The van der Waals surface area contributed by atoms with Crippen LogP contribution < -0.4 is 11.1 Å². The Balaban J connectivity index is 1.85. The second-order valence-electron chi connectivity index (χ2n) is 4.44. The summed E-state index contributed by atoms with van der Waals surface area (Å²) in [6.07, 6.45) is 3.94. The highest BCUT2D eigenvalue weighted by molar-refractivity contribution is 7.10. The number of rotatable bonds is 4. The molecule has 0 bridgehead atoms. The van der Waals surface area contributed by atoms with E-state index < -0.39 is 0 Å². The third kappa shape index (κ3) is 2.60. The molecule has 2 atom stereocenters. The molecule has 1 heterocycles. The van der Waals surface area contributed by atoms with Crippen LogP contribution in [0.15, 0.2) is 11.4 Å². The molecule has 0 aromatic carbocycles. The van der Waals surface area contributed by atoms with Crippen LogP contribution in [0.4, 0.5) is 0 Å². The summed E-state index contributed by atoms with van der Waals surface area (Å²) < 4.78 is 0. The van der Waals surface area contributed by atoms with Crippen LogP contribution in [0.25, 0.3) is 0 Å². The van der Waals surface area contributed by atoms with E-state index >= 15 is 0 Å². The minimum Gasteiger partial charge on any atom is -0.330 e. The van der Waals surface area contributed by atoms with Crippen molar-refractivity contribution in [3.63, 3.8) is 0 Å². The van der Waals surface area contributed by atoms with Crippen molar-refractivity contribution in [1.29, 1.82) is 0 Å². The average molecular weight is 224 g/mol. The summed E-state index contributed by atoms with van der Waals surface area (Å²) in [5.41, 5.74) is 7.18. The van der Waals surface area contributed by atoms with Gasteiger partial charge in [0.05, 0.1) is 0 Å². The standard InChI is InChI=1S/C12H20N2S/c1-9-5-6-15-12(9)8-14-11-4-2-3-10(11)7-13/h5-6,10-11,14H,2-4,7-8,13H2,1H3. The van der Waals surface area contributed by atoms with Crippen LogP contribution in [0.2, 0.25) is 0 Å². The van der Waals surface area contributed by atoms with E-state index in [1.54, 1.807) is 0 Å².